The molecule has 0 saturated carbocycles. The smallest absolute Gasteiger partial charge is 0.250 e. The number of ether oxygens (including phenoxy) is 1. The lowest BCUT2D eigenvalue weighted by atomic mass is 10.1. The average Bonchev–Trinajstić information content (AvgIpc) is 3.48. The summed E-state index contributed by atoms with van der Waals surface area (Å²) in [7, 11) is 3.48. The highest BCUT2D eigenvalue weighted by molar-refractivity contribution is 6.00. The summed E-state index contributed by atoms with van der Waals surface area (Å²) in [6.07, 6.45) is 3.09. The van der Waals surface area contributed by atoms with Crippen LogP contribution in [0, 0.1) is 0 Å². The zero-order chi connectivity index (χ0) is 27.1. The molecule has 0 fully saturated rings. The van der Waals surface area contributed by atoms with Crippen LogP contribution in [0.25, 0.3) is 38.9 Å². The van der Waals surface area contributed by atoms with Gasteiger partial charge in [0.15, 0.2) is 5.65 Å². The number of nitrogens with one attached hydrogen (secondary N) is 2. The zero-order valence-corrected chi connectivity index (χ0v) is 21.2. The molecular weight excluding hydrogens is 496 g/mol. The zero-order valence-electron chi connectivity index (χ0n) is 21.2. The van der Waals surface area contributed by atoms with Gasteiger partial charge in [0.1, 0.15) is 23.6 Å². The van der Waals surface area contributed by atoms with Crippen LogP contribution in [-0.4, -0.2) is 42.3 Å². The summed E-state index contributed by atoms with van der Waals surface area (Å²) in [6.45, 7) is 0. The summed E-state index contributed by atoms with van der Waals surface area (Å²) in [5, 5.41) is 9.29. The van der Waals surface area contributed by atoms with Gasteiger partial charge in [0.25, 0.3) is 0 Å². The molecule has 1 amide bonds. The van der Waals surface area contributed by atoms with Crippen LogP contribution in [0.1, 0.15) is 5.69 Å². The number of anilines is 2. The van der Waals surface area contributed by atoms with Crippen LogP contribution in [-0.2, 0) is 18.3 Å². The van der Waals surface area contributed by atoms with E-state index < -0.39 is 0 Å². The number of pyridine rings is 1. The summed E-state index contributed by atoms with van der Waals surface area (Å²) in [5.74, 6) is 0.526. The number of fused-ring (bicyclic) bond motifs is 2. The molecule has 0 spiro atoms. The number of hydrogen-bond donors (Lipinski definition) is 3. The molecule has 39 heavy (non-hydrogen) atoms. The molecule has 0 saturated heterocycles. The van der Waals surface area contributed by atoms with Crippen LogP contribution in [0.3, 0.4) is 0 Å². The van der Waals surface area contributed by atoms with Gasteiger partial charge in [0.05, 0.1) is 30.3 Å². The van der Waals surface area contributed by atoms with E-state index in [9.17, 15) is 9.59 Å². The molecule has 4 aromatic heterocycles. The van der Waals surface area contributed by atoms with Crippen molar-refractivity contribution in [1.82, 2.24) is 29.3 Å². The number of hydrogen-bond acceptors (Lipinski definition) is 7. The van der Waals surface area contributed by atoms with Gasteiger partial charge in [-0.15, -0.1) is 0 Å². The van der Waals surface area contributed by atoms with Gasteiger partial charge < -0.3 is 25.3 Å². The molecule has 4 heterocycles. The number of amides is 1. The molecule has 0 aliphatic rings. The molecule has 4 N–H and O–H groups in total. The molecule has 0 bridgehead atoms. The van der Waals surface area contributed by atoms with Crippen LogP contribution in [0.4, 0.5) is 11.5 Å². The van der Waals surface area contributed by atoms with E-state index in [1.54, 1.807) is 22.9 Å². The minimum Gasteiger partial charge on any atom is -0.495 e. The first-order valence-corrected chi connectivity index (χ1v) is 12.1. The number of aromatic amines is 1. The van der Waals surface area contributed by atoms with E-state index in [1.165, 1.54) is 25.7 Å². The summed E-state index contributed by atoms with van der Waals surface area (Å²) < 4.78 is 9.18. The summed E-state index contributed by atoms with van der Waals surface area (Å²) in [4.78, 5) is 36.0. The second-order valence-electron chi connectivity index (χ2n) is 9.02. The van der Waals surface area contributed by atoms with E-state index in [-0.39, 0.29) is 23.7 Å². The molecule has 11 nitrogen and oxygen atoms in total. The largest absolute Gasteiger partial charge is 0.495 e. The third-order valence-electron chi connectivity index (χ3n) is 6.64. The van der Waals surface area contributed by atoms with Gasteiger partial charge in [0.2, 0.25) is 11.5 Å². The van der Waals surface area contributed by atoms with Gasteiger partial charge in [-0.3, -0.25) is 9.59 Å². The topological polar surface area (TPSA) is 146 Å². The quantitative estimate of drug-likeness (QED) is 0.305. The first kappa shape index (κ1) is 23.9. The van der Waals surface area contributed by atoms with Crippen LogP contribution in [0.5, 0.6) is 5.75 Å². The Bertz CT molecular complexity index is 1940. The minimum atomic E-state index is -0.273. The maximum atomic E-state index is 13.0. The molecule has 0 unspecified atom stereocenters. The van der Waals surface area contributed by atoms with E-state index >= 15 is 0 Å². The van der Waals surface area contributed by atoms with Crippen molar-refractivity contribution in [2.45, 2.75) is 6.42 Å². The number of aryl methyl sites for hydroxylation is 1. The Morgan fingerprint density at radius 2 is 1.95 bits per heavy atom. The predicted molar refractivity (Wildman–Crippen MR) is 149 cm³/mol. The van der Waals surface area contributed by atoms with Crippen molar-refractivity contribution < 1.29 is 9.53 Å². The number of nitrogens with zero attached hydrogens (tertiary/aromatic N) is 5. The lowest BCUT2D eigenvalue weighted by molar-refractivity contribution is -0.115. The maximum absolute atomic E-state index is 13.0. The number of methoxy groups -OCH3 is 1. The Morgan fingerprint density at radius 1 is 1.10 bits per heavy atom. The maximum Gasteiger partial charge on any atom is 0.250 e. The second-order valence-corrected chi connectivity index (χ2v) is 9.02. The molecule has 0 atom stereocenters. The molecule has 194 valence electrons. The lowest BCUT2D eigenvalue weighted by Crippen LogP contribution is -2.16. The molecule has 11 heteroatoms. The molecular formula is C28H24N8O3. The van der Waals surface area contributed by atoms with Crippen LogP contribution < -0.4 is 21.3 Å². The number of H-pyrrole nitrogens is 1. The number of rotatable bonds is 6. The van der Waals surface area contributed by atoms with Crippen LogP contribution >= 0.6 is 0 Å². The highest BCUT2D eigenvalue weighted by Crippen LogP contribution is 2.36. The van der Waals surface area contributed by atoms with Crippen molar-refractivity contribution >= 4 is 39.3 Å². The summed E-state index contributed by atoms with van der Waals surface area (Å²) >= 11 is 0. The Kier molecular flexibility index (Phi) is 5.80. The van der Waals surface area contributed by atoms with Gasteiger partial charge >= 0.3 is 0 Å². The molecule has 0 aliphatic heterocycles. The van der Waals surface area contributed by atoms with Crippen molar-refractivity contribution in [3.63, 3.8) is 0 Å². The number of benzene rings is 2. The molecule has 6 rings (SSSR count). The van der Waals surface area contributed by atoms with Crippen LogP contribution in [0.15, 0.2) is 78.0 Å². The second kappa shape index (κ2) is 9.45. The average molecular weight is 521 g/mol. The first-order valence-electron chi connectivity index (χ1n) is 12.1. The highest BCUT2D eigenvalue weighted by atomic mass is 16.5. The minimum absolute atomic E-state index is 0.173. The van der Waals surface area contributed by atoms with Crippen LogP contribution in [0.2, 0.25) is 0 Å². The van der Waals surface area contributed by atoms with Gasteiger partial charge in [0, 0.05) is 36.1 Å². The normalized spacial score (nSPS) is 11.2. The fourth-order valence-corrected chi connectivity index (χ4v) is 4.74. The molecule has 0 aliphatic carbocycles. The number of para-hydroxylation sites is 1. The Hall–Kier alpha value is -5.45. The molecule has 6 aromatic rings. The summed E-state index contributed by atoms with van der Waals surface area (Å²) in [5.41, 5.74) is 10.6. The fourth-order valence-electron chi connectivity index (χ4n) is 4.74. The van der Waals surface area contributed by atoms with E-state index in [1.807, 2.05) is 48.0 Å². The summed E-state index contributed by atoms with van der Waals surface area (Å²) in [6, 6.07) is 18.5. The standard InChI is InChI=1S/C28H24N8O3/c1-35-19(11-16-5-3-4-6-21(16)35)14-24(38)33-20-8-7-17(12-22(20)39-2)26-25-27(29)31-15-32-28(25)36(34-26)18-9-10-30-23(37)13-18/h3-13,15H,14H2,1-2H3,(H,30,37)(H,33,38)(H2,29,31,32). The monoisotopic (exact) mass is 520 g/mol. The Morgan fingerprint density at radius 3 is 2.74 bits per heavy atom. The van der Waals surface area contributed by atoms with Gasteiger partial charge in [-0.1, -0.05) is 24.3 Å². The van der Waals surface area contributed by atoms with Gasteiger partial charge in [-0.05, 0) is 35.7 Å². The fraction of sp³-hybridized carbons (Fsp3) is 0.107. The lowest BCUT2D eigenvalue weighted by Gasteiger charge is -2.12. The number of carbonyl (C=O) groups excluding carboxylic acids is 1. The van der Waals surface area contributed by atoms with Crippen molar-refractivity contribution in [1.29, 1.82) is 0 Å². The predicted octanol–water partition coefficient (Wildman–Crippen LogP) is 3.43. The van der Waals surface area contributed by atoms with E-state index in [2.05, 4.69) is 20.3 Å². The van der Waals surface area contributed by atoms with Gasteiger partial charge in [-0.2, -0.15) is 5.10 Å². The first-order chi connectivity index (χ1) is 18.9. The van der Waals surface area contributed by atoms with Crippen molar-refractivity contribution in [2.75, 3.05) is 18.2 Å². The van der Waals surface area contributed by atoms with Gasteiger partial charge in [-0.25, -0.2) is 14.6 Å². The van der Waals surface area contributed by atoms with Crippen molar-refractivity contribution in [3.05, 3.63) is 89.2 Å². The number of nitrogens with two attached hydrogens (primary N) is 1. The molecule has 0 radical (unpaired) electrons. The molecule has 2 aromatic carbocycles. The SMILES string of the molecule is COc1cc(-c2nn(-c3cc[nH]c(=O)c3)c3ncnc(N)c23)ccc1NC(=O)Cc1cc2ccccc2n1C. The Balaban J connectivity index is 1.34. The number of aromatic nitrogens is 6. The van der Waals surface area contributed by atoms with E-state index in [0.717, 1.165) is 16.6 Å². The van der Waals surface area contributed by atoms with E-state index in [4.69, 9.17) is 15.6 Å². The Labute approximate surface area is 221 Å². The third kappa shape index (κ3) is 4.25. The highest BCUT2D eigenvalue weighted by Gasteiger charge is 2.20. The van der Waals surface area contributed by atoms with E-state index in [0.29, 0.717) is 39.4 Å². The third-order valence-corrected chi connectivity index (χ3v) is 6.64. The number of nitrogen functional groups attached to an aromatic ring is 1. The number of carbonyl (C=O) groups is 1. The van der Waals surface area contributed by atoms with Crippen molar-refractivity contribution in [3.8, 4) is 22.7 Å². The van der Waals surface area contributed by atoms with Crippen molar-refractivity contribution in [2.24, 2.45) is 7.05 Å².